The van der Waals surface area contributed by atoms with Crippen LogP contribution in [0.2, 0.25) is 0 Å². The molecule has 0 amide bonds. The number of rotatable bonds is 10. The van der Waals surface area contributed by atoms with Gasteiger partial charge in [-0.15, -0.1) is 24.0 Å². The van der Waals surface area contributed by atoms with Gasteiger partial charge in [-0.05, 0) is 50.4 Å². The zero-order valence-corrected chi connectivity index (χ0v) is 22.4. The zero-order chi connectivity index (χ0) is 22.6. The van der Waals surface area contributed by atoms with Crippen LogP contribution in [-0.2, 0) is 6.54 Å². The van der Waals surface area contributed by atoms with Gasteiger partial charge in [-0.2, -0.15) is 0 Å². The van der Waals surface area contributed by atoms with Gasteiger partial charge >= 0.3 is 0 Å². The summed E-state index contributed by atoms with van der Waals surface area (Å²) in [5.41, 5.74) is 0.957. The maximum atomic E-state index is 6.15. The first-order valence-corrected chi connectivity index (χ1v) is 11.8. The number of aromatic nitrogens is 1. The molecule has 2 aromatic rings. The van der Waals surface area contributed by atoms with E-state index in [4.69, 9.17) is 9.47 Å². The van der Waals surface area contributed by atoms with Crippen molar-refractivity contribution in [3.05, 3.63) is 48.2 Å². The van der Waals surface area contributed by atoms with E-state index in [1.807, 2.05) is 43.4 Å². The van der Waals surface area contributed by atoms with Crippen LogP contribution in [0.4, 0.5) is 0 Å². The summed E-state index contributed by atoms with van der Waals surface area (Å²) in [5.74, 6) is 2.77. The number of ether oxygens (including phenoxy) is 2. The highest BCUT2D eigenvalue weighted by atomic mass is 127. The van der Waals surface area contributed by atoms with Gasteiger partial charge in [-0.1, -0.05) is 32.0 Å². The third kappa shape index (κ3) is 8.66. The van der Waals surface area contributed by atoms with Gasteiger partial charge in [-0.25, -0.2) is 4.98 Å². The van der Waals surface area contributed by atoms with Crippen LogP contribution in [0.1, 0.15) is 45.1 Å². The van der Waals surface area contributed by atoms with Crippen LogP contribution >= 0.6 is 24.0 Å². The largest absolute Gasteiger partial charge is 0.490 e. The number of pyridine rings is 1. The summed E-state index contributed by atoms with van der Waals surface area (Å²) in [4.78, 5) is 11.4. The summed E-state index contributed by atoms with van der Waals surface area (Å²) in [5, 5.41) is 6.99. The molecular formula is C25H38IN5O2. The molecule has 1 aromatic carbocycles. The molecule has 0 saturated carbocycles. The van der Waals surface area contributed by atoms with Crippen molar-refractivity contribution in [3.63, 3.8) is 0 Å². The summed E-state index contributed by atoms with van der Waals surface area (Å²) in [6.07, 6.45) is 6.17. The number of halogens is 1. The Hall–Kier alpha value is -2.07. The third-order valence-corrected chi connectivity index (χ3v) is 5.51. The maximum absolute atomic E-state index is 6.15. The SMILES string of the molecule is CCCOc1ccccc1Oc1ncccc1CNC(=NC)NC1CCN(CCC)CC1.I. The van der Waals surface area contributed by atoms with Gasteiger partial charge in [0, 0.05) is 44.5 Å². The van der Waals surface area contributed by atoms with Gasteiger partial charge in [0.2, 0.25) is 5.88 Å². The quantitative estimate of drug-likeness (QED) is 0.244. The van der Waals surface area contributed by atoms with E-state index in [9.17, 15) is 0 Å². The van der Waals surface area contributed by atoms with Crippen LogP contribution in [0.5, 0.6) is 17.4 Å². The number of guanidine groups is 1. The van der Waals surface area contributed by atoms with E-state index in [0.29, 0.717) is 30.8 Å². The molecule has 1 saturated heterocycles. The molecule has 3 rings (SSSR count). The second kappa shape index (κ2) is 15.0. The van der Waals surface area contributed by atoms with Crippen LogP contribution in [0, 0.1) is 0 Å². The topological polar surface area (TPSA) is 71.0 Å². The van der Waals surface area contributed by atoms with Crippen LogP contribution in [-0.4, -0.2) is 55.2 Å². The van der Waals surface area contributed by atoms with Gasteiger partial charge in [0.15, 0.2) is 17.5 Å². The van der Waals surface area contributed by atoms with Crippen molar-refractivity contribution in [3.8, 4) is 17.4 Å². The minimum absolute atomic E-state index is 0. The Bertz CT molecular complexity index is 856. The minimum Gasteiger partial charge on any atom is -0.490 e. The average Bonchev–Trinajstić information content (AvgIpc) is 2.83. The van der Waals surface area contributed by atoms with Gasteiger partial charge in [0.25, 0.3) is 0 Å². The fraction of sp³-hybridized carbons (Fsp3) is 0.520. The summed E-state index contributed by atoms with van der Waals surface area (Å²) in [7, 11) is 1.81. The Morgan fingerprint density at radius 3 is 2.55 bits per heavy atom. The Kier molecular flexibility index (Phi) is 12.3. The van der Waals surface area contributed by atoms with Crippen molar-refractivity contribution in [2.24, 2.45) is 4.99 Å². The van der Waals surface area contributed by atoms with Crippen molar-refractivity contribution in [1.29, 1.82) is 0 Å². The normalized spacial score (nSPS) is 14.9. The van der Waals surface area contributed by atoms with Crippen LogP contribution < -0.4 is 20.1 Å². The first-order chi connectivity index (χ1) is 15.7. The van der Waals surface area contributed by atoms with Crippen molar-refractivity contribution < 1.29 is 9.47 Å². The summed E-state index contributed by atoms with van der Waals surface area (Å²) >= 11 is 0. The number of hydrogen-bond donors (Lipinski definition) is 2. The molecule has 0 aliphatic carbocycles. The Morgan fingerprint density at radius 2 is 1.85 bits per heavy atom. The molecule has 1 aliphatic heterocycles. The van der Waals surface area contributed by atoms with Gasteiger partial charge in [-0.3, -0.25) is 4.99 Å². The molecule has 7 nitrogen and oxygen atoms in total. The molecule has 0 spiro atoms. The predicted molar refractivity (Wildman–Crippen MR) is 145 cm³/mol. The first-order valence-electron chi connectivity index (χ1n) is 11.8. The Labute approximate surface area is 215 Å². The molecule has 0 atom stereocenters. The molecule has 0 bridgehead atoms. The fourth-order valence-corrected chi connectivity index (χ4v) is 3.80. The predicted octanol–water partition coefficient (Wildman–Crippen LogP) is 4.82. The molecule has 1 aromatic heterocycles. The van der Waals surface area contributed by atoms with Crippen molar-refractivity contribution >= 4 is 29.9 Å². The number of nitrogens with one attached hydrogen (secondary N) is 2. The molecule has 1 fully saturated rings. The van der Waals surface area contributed by atoms with Crippen LogP contribution in [0.3, 0.4) is 0 Å². The standard InChI is InChI=1S/C25H37N5O2.HI/c1-4-15-30-16-12-21(13-17-30)29-25(26-3)28-19-20-9-8-14-27-24(20)32-23-11-7-6-10-22(23)31-18-5-2;/h6-11,14,21H,4-5,12-13,15-19H2,1-3H3,(H2,26,28,29);1H. The molecule has 8 heteroatoms. The number of piperidine rings is 1. The smallest absolute Gasteiger partial charge is 0.224 e. The van der Waals surface area contributed by atoms with Gasteiger partial charge in [0.05, 0.1) is 6.61 Å². The highest BCUT2D eigenvalue weighted by Gasteiger charge is 2.19. The lowest BCUT2D eigenvalue weighted by Gasteiger charge is -2.32. The van der Waals surface area contributed by atoms with Crippen molar-refractivity contribution in [2.75, 3.05) is 33.3 Å². The molecule has 33 heavy (non-hydrogen) atoms. The second-order valence-electron chi connectivity index (χ2n) is 8.05. The van der Waals surface area contributed by atoms with Crippen LogP contribution in [0.15, 0.2) is 47.6 Å². The first kappa shape index (κ1) is 27.2. The van der Waals surface area contributed by atoms with Gasteiger partial charge in [0.1, 0.15) is 0 Å². The van der Waals surface area contributed by atoms with E-state index >= 15 is 0 Å². The molecule has 2 heterocycles. The molecule has 0 unspecified atom stereocenters. The Balaban J connectivity index is 0.00000385. The summed E-state index contributed by atoms with van der Waals surface area (Å²) in [6, 6.07) is 12.1. The third-order valence-electron chi connectivity index (χ3n) is 5.51. The highest BCUT2D eigenvalue weighted by Crippen LogP contribution is 2.31. The molecular weight excluding hydrogens is 529 g/mol. The second-order valence-corrected chi connectivity index (χ2v) is 8.05. The Morgan fingerprint density at radius 1 is 1.09 bits per heavy atom. The van der Waals surface area contributed by atoms with E-state index in [1.165, 1.54) is 13.0 Å². The van der Waals surface area contributed by atoms with E-state index in [-0.39, 0.29) is 24.0 Å². The lowest BCUT2D eigenvalue weighted by Crippen LogP contribution is -2.48. The highest BCUT2D eigenvalue weighted by molar-refractivity contribution is 14.0. The van der Waals surface area contributed by atoms with E-state index in [0.717, 1.165) is 49.6 Å². The number of aliphatic imine (C=N–C) groups is 1. The lowest BCUT2D eigenvalue weighted by molar-refractivity contribution is 0.206. The number of nitrogens with zero attached hydrogens (tertiary/aromatic N) is 3. The average molecular weight is 568 g/mol. The number of benzene rings is 1. The summed E-state index contributed by atoms with van der Waals surface area (Å²) < 4.78 is 12.0. The number of para-hydroxylation sites is 2. The fourth-order valence-electron chi connectivity index (χ4n) is 3.80. The molecule has 2 N–H and O–H groups in total. The van der Waals surface area contributed by atoms with E-state index in [1.54, 1.807) is 6.20 Å². The maximum Gasteiger partial charge on any atom is 0.224 e. The van der Waals surface area contributed by atoms with Crippen LogP contribution in [0.25, 0.3) is 0 Å². The molecule has 182 valence electrons. The molecule has 0 radical (unpaired) electrons. The van der Waals surface area contributed by atoms with Crippen molar-refractivity contribution in [1.82, 2.24) is 20.5 Å². The lowest BCUT2D eigenvalue weighted by atomic mass is 10.1. The minimum atomic E-state index is 0. The van der Waals surface area contributed by atoms with E-state index in [2.05, 4.69) is 39.4 Å². The number of likely N-dealkylation sites (tertiary alicyclic amines) is 1. The zero-order valence-electron chi connectivity index (χ0n) is 20.0. The monoisotopic (exact) mass is 567 g/mol. The van der Waals surface area contributed by atoms with E-state index < -0.39 is 0 Å². The van der Waals surface area contributed by atoms with Crippen molar-refractivity contribution in [2.45, 2.75) is 52.1 Å². The summed E-state index contributed by atoms with van der Waals surface area (Å²) in [6.45, 7) is 9.01. The van der Waals surface area contributed by atoms with Gasteiger partial charge < -0.3 is 25.0 Å². The molecule has 1 aliphatic rings. The number of hydrogen-bond acceptors (Lipinski definition) is 5.